The third-order valence-corrected chi connectivity index (χ3v) is 5.05. The van der Waals surface area contributed by atoms with Crippen molar-refractivity contribution in [2.45, 2.75) is 19.9 Å². The molecule has 3 rings (SSSR count). The third-order valence-electron chi connectivity index (χ3n) is 5.05. The molecule has 1 N–H and O–H groups in total. The fourth-order valence-electron chi connectivity index (χ4n) is 3.18. The zero-order valence-corrected chi connectivity index (χ0v) is 18.3. The molecular formula is C22H33N5O4. The van der Waals surface area contributed by atoms with E-state index >= 15 is 0 Å². The van der Waals surface area contributed by atoms with Crippen LogP contribution in [0.5, 0.6) is 0 Å². The number of rotatable bonds is 13. The Labute approximate surface area is 183 Å². The fraction of sp³-hybridized carbons (Fsp3) is 0.591. The summed E-state index contributed by atoms with van der Waals surface area (Å²) in [5.74, 6) is 0.0183. The van der Waals surface area contributed by atoms with E-state index < -0.39 is 0 Å². The van der Waals surface area contributed by atoms with Crippen molar-refractivity contribution in [3.05, 3.63) is 36.0 Å². The molecule has 0 atom stereocenters. The standard InChI is InChI=1S/C22H33N5O4/c1-19-2-4-20(5-3-19)21-18-27(25-24-21)11-15-31-17-16-29-12-6-22(28)23-7-8-26-9-13-30-14-10-26/h2-5,18H,6-17H2,1H3,(H,23,28). The zero-order chi connectivity index (χ0) is 21.7. The van der Waals surface area contributed by atoms with Crippen molar-refractivity contribution >= 4 is 5.91 Å². The summed E-state index contributed by atoms with van der Waals surface area (Å²) in [4.78, 5) is 14.1. The summed E-state index contributed by atoms with van der Waals surface area (Å²) < 4.78 is 18.1. The summed E-state index contributed by atoms with van der Waals surface area (Å²) in [5.41, 5.74) is 3.12. The van der Waals surface area contributed by atoms with Crippen LogP contribution in [0.25, 0.3) is 11.3 Å². The summed E-state index contributed by atoms with van der Waals surface area (Å²) >= 11 is 0. The highest BCUT2D eigenvalue weighted by molar-refractivity contribution is 5.75. The van der Waals surface area contributed by atoms with Crippen LogP contribution >= 0.6 is 0 Å². The zero-order valence-electron chi connectivity index (χ0n) is 18.3. The van der Waals surface area contributed by atoms with Gasteiger partial charge in [0.15, 0.2) is 0 Å². The van der Waals surface area contributed by atoms with Gasteiger partial charge in [-0.15, -0.1) is 5.10 Å². The molecule has 2 heterocycles. The summed E-state index contributed by atoms with van der Waals surface area (Å²) in [6, 6.07) is 8.21. The van der Waals surface area contributed by atoms with Crippen LogP contribution in [0.3, 0.4) is 0 Å². The lowest BCUT2D eigenvalue weighted by molar-refractivity contribution is -0.122. The third kappa shape index (κ3) is 8.74. The van der Waals surface area contributed by atoms with Gasteiger partial charge in [-0.3, -0.25) is 9.69 Å². The first-order chi connectivity index (χ1) is 15.2. The van der Waals surface area contributed by atoms with E-state index in [-0.39, 0.29) is 5.91 Å². The minimum Gasteiger partial charge on any atom is -0.379 e. The van der Waals surface area contributed by atoms with Gasteiger partial charge in [0.25, 0.3) is 0 Å². The van der Waals surface area contributed by atoms with Crippen LogP contribution in [-0.4, -0.2) is 91.6 Å². The maximum Gasteiger partial charge on any atom is 0.222 e. The molecule has 9 nitrogen and oxygen atoms in total. The van der Waals surface area contributed by atoms with Crippen LogP contribution in [0.1, 0.15) is 12.0 Å². The summed E-state index contributed by atoms with van der Waals surface area (Å²) in [6.45, 7) is 9.51. The number of morpholine rings is 1. The van der Waals surface area contributed by atoms with Gasteiger partial charge in [0.05, 0.1) is 52.4 Å². The van der Waals surface area contributed by atoms with Gasteiger partial charge in [0.2, 0.25) is 5.91 Å². The van der Waals surface area contributed by atoms with Crippen molar-refractivity contribution in [2.75, 3.05) is 65.8 Å². The van der Waals surface area contributed by atoms with Crippen LogP contribution < -0.4 is 5.32 Å². The highest BCUT2D eigenvalue weighted by Crippen LogP contribution is 2.16. The van der Waals surface area contributed by atoms with E-state index in [1.807, 2.05) is 18.3 Å². The van der Waals surface area contributed by atoms with E-state index in [4.69, 9.17) is 14.2 Å². The van der Waals surface area contributed by atoms with Crippen molar-refractivity contribution in [3.8, 4) is 11.3 Å². The monoisotopic (exact) mass is 431 g/mol. The molecule has 170 valence electrons. The maximum absolute atomic E-state index is 11.8. The summed E-state index contributed by atoms with van der Waals surface area (Å²) in [7, 11) is 0. The van der Waals surface area contributed by atoms with Crippen molar-refractivity contribution < 1.29 is 19.0 Å². The second-order valence-corrected chi connectivity index (χ2v) is 7.51. The molecule has 1 aromatic carbocycles. The number of aromatic nitrogens is 3. The van der Waals surface area contributed by atoms with E-state index in [9.17, 15) is 4.79 Å². The largest absolute Gasteiger partial charge is 0.379 e. The molecule has 0 aliphatic carbocycles. The van der Waals surface area contributed by atoms with Gasteiger partial charge in [-0.1, -0.05) is 35.0 Å². The number of hydrogen-bond donors (Lipinski definition) is 1. The number of hydrogen-bond acceptors (Lipinski definition) is 7. The molecule has 1 aliphatic heterocycles. The lowest BCUT2D eigenvalue weighted by Crippen LogP contribution is -2.41. The molecule has 1 amide bonds. The van der Waals surface area contributed by atoms with Gasteiger partial charge >= 0.3 is 0 Å². The average molecular weight is 432 g/mol. The average Bonchev–Trinajstić information content (AvgIpc) is 3.26. The smallest absolute Gasteiger partial charge is 0.222 e. The summed E-state index contributed by atoms with van der Waals surface area (Å²) in [6.07, 6.45) is 2.28. The van der Waals surface area contributed by atoms with Crippen LogP contribution in [0.4, 0.5) is 0 Å². The van der Waals surface area contributed by atoms with E-state index in [0.717, 1.165) is 44.1 Å². The van der Waals surface area contributed by atoms with Crippen molar-refractivity contribution in [1.82, 2.24) is 25.2 Å². The first-order valence-corrected chi connectivity index (χ1v) is 10.9. The van der Waals surface area contributed by atoms with Crippen LogP contribution in [0.2, 0.25) is 0 Å². The number of benzene rings is 1. The Hall–Kier alpha value is -2.33. The first kappa shape index (κ1) is 23.3. The maximum atomic E-state index is 11.8. The lowest BCUT2D eigenvalue weighted by atomic mass is 10.1. The number of nitrogens with one attached hydrogen (secondary N) is 1. The van der Waals surface area contributed by atoms with Crippen molar-refractivity contribution in [1.29, 1.82) is 0 Å². The quantitative estimate of drug-likeness (QED) is 0.476. The molecule has 1 fully saturated rings. The topological polar surface area (TPSA) is 90.7 Å². The molecule has 31 heavy (non-hydrogen) atoms. The van der Waals surface area contributed by atoms with Gasteiger partial charge in [0, 0.05) is 38.2 Å². The Balaban J connectivity index is 1.16. The van der Waals surface area contributed by atoms with Gasteiger partial charge in [0.1, 0.15) is 5.69 Å². The number of nitrogens with zero attached hydrogens (tertiary/aromatic N) is 4. The van der Waals surface area contributed by atoms with E-state index in [1.54, 1.807) is 4.68 Å². The molecular weight excluding hydrogens is 398 g/mol. The molecule has 0 saturated carbocycles. The summed E-state index contributed by atoms with van der Waals surface area (Å²) in [5, 5.41) is 11.3. The highest BCUT2D eigenvalue weighted by atomic mass is 16.5. The van der Waals surface area contributed by atoms with Crippen LogP contribution in [-0.2, 0) is 25.5 Å². The van der Waals surface area contributed by atoms with Crippen LogP contribution in [0, 0.1) is 6.92 Å². The van der Waals surface area contributed by atoms with Gasteiger partial charge in [-0.05, 0) is 6.92 Å². The Bertz CT molecular complexity index is 774. The lowest BCUT2D eigenvalue weighted by Gasteiger charge is -2.26. The van der Waals surface area contributed by atoms with Gasteiger partial charge < -0.3 is 19.5 Å². The fourth-order valence-corrected chi connectivity index (χ4v) is 3.18. The van der Waals surface area contributed by atoms with E-state index in [0.29, 0.717) is 45.9 Å². The van der Waals surface area contributed by atoms with Crippen molar-refractivity contribution in [3.63, 3.8) is 0 Å². The Morgan fingerprint density at radius 2 is 1.81 bits per heavy atom. The molecule has 1 saturated heterocycles. The van der Waals surface area contributed by atoms with Crippen LogP contribution in [0.15, 0.2) is 30.5 Å². The van der Waals surface area contributed by atoms with Crippen molar-refractivity contribution in [2.24, 2.45) is 0 Å². The molecule has 9 heteroatoms. The first-order valence-electron chi connectivity index (χ1n) is 10.9. The minimum atomic E-state index is 0.0183. The van der Waals surface area contributed by atoms with Gasteiger partial charge in [-0.25, -0.2) is 4.68 Å². The molecule has 2 aromatic rings. The predicted molar refractivity (Wildman–Crippen MR) is 117 cm³/mol. The number of amides is 1. The van der Waals surface area contributed by atoms with E-state index in [2.05, 4.69) is 39.6 Å². The molecule has 0 spiro atoms. The molecule has 0 bridgehead atoms. The Morgan fingerprint density at radius 1 is 1.06 bits per heavy atom. The molecule has 1 aromatic heterocycles. The number of carbonyl (C=O) groups excluding carboxylic acids is 1. The molecule has 1 aliphatic rings. The minimum absolute atomic E-state index is 0.0183. The molecule has 0 radical (unpaired) electrons. The second-order valence-electron chi connectivity index (χ2n) is 7.51. The highest BCUT2D eigenvalue weighted by Gasteiger charge is 2.10. The second kappa shape index (κ2) is 13.2. The number of ether oxygens (including phenoxy) is 3. The van der Waals surface area contributed by atoms with Gasteiger partial charge in [-0.2, -0.15) is 0 Å². The SMILES string of the molecule is Cc1ccc(-c2cn(CCOCCOCCC(=O)NCCN3CCOCC3)nn2)cc1. The number of aryl methyl sites for hydroxylation is 1. The van der Waals surface area contributed by atoms with E-state index in [1.165, 1.54) is 5.56 Å². The Kier molecular flexibility index (Phi) is 9.91. The normalized spacial score (nSPS) is 14.6. The molecule has 0 unspecified atom stereocenters. The number of carbonyl (C=O) groups is 1. The Morgan fingerprint density at radius 3 is 2.58 bits per heavy atom. The predicted octanol–water partition coefficient (Wildman–Crippen LogP) is 1.13.